The van der Waals surface area contributed by atoms with Gasteiger partial charge in [-0.15, -0.1) is 0 Å². The van der Waals surface area contributed by atoms with Gasteiger partial charge in [0.15, 0.2) is 10.9 Å². The molecule has 0 unspecified atom stereocenters. The van der Waals surface area contributed by atoms with Gasteiger partial charge >= 0.3 is 0 Å². The predicted octanol–water partition coefficient (Wildman–Crippen LogP) is 3.43. The minimum Gasteiger partial charge on any atom is -0.351 e. The first-order valence-electron chi connectivity index (χ1n) is 9.57. The summed E-state index contributed by atoms with van der Waals surface area (Å²) in [5.41, 5.74) is 1.97. The van der Waals surface area contributed by atoms with Crippen LogP contribution in [0.5, 0.6) is 0 Å². The number of halogens is 2. The first-order chi connectivity index (χ1) is 14.0. The Bertz CT molecular complexity index is 1030. The van der Waals surface area contributed by atoms with Gasteiger partial charge in [0.05, 0.1) is 4.70 Å². The summed E-state index contributed by atoms with van der Waals surface area (Å²) < 4.78 is 27.8. The number of rotatable bonds is 5. The Morgan fingerprint density at radius 1 is 1.17 bits per heavy atom. The lowest BCUT2D eigenvalue weighted by Crippen LogP contribution is -2.48. The normalized spacial score (nSPS) is 15.1. The number of benzene rings is 2. The molecule has 8 heteroatoms. The van der Waals surface area contributed by atoms with Gasteiger partial charge in [0.1, 0.15) is 11.3 Å². The molecule has 1 N–H and O–H groups in total. The van der Waals surface area contributed by atoms with Crippen LogP contribution in [0.25, 0.3) is 10.2 Å². The third-order valence-corrected chi connectivity index (χ3v) is 6.10. The van der Waals surface area contributed by atoms with Crippen molar-refractivity contribution in [1.29, 1.82) is 0 Å². The minimum atomic E-state index is -0.620. The number of hydrogen-bond donors (Lipinski definition) is 1. The van der Waals surface area contributed by atoms with Gasteiger partial charge in [-0.25, -0.2) is 13.8 Å². The van der Waals surface area contributed by atoms with Crippen LogP contribution in [0.15, 0.2) is 36.4 Å². The lowest BCUT2D eigenvalue weighted by Gasteiger charge is -2.34. The number of aromatic nitrogens is 1. The molecule has 0 spiro atoms. The van der Waals surface area contributed by atoms with Crippen LogP contribution >= 0.6 is 11.3 Å². The molecule has 152 valence electrons. The van der Waals surface area contributed by atoms with E-state index in [1.807, 2.05) is 31.2 Å². The fourth-order valence-electron chi connectivity index (χ4n) is 3.46. The molecule has 1 aliphatic rings. The van der Waals surface area contributed by atoms with E-state index in [2.05, 4.69) is 20.1 Å². The molecule has 1 fully saturated rings. The van der Waals surface area contributed by atoms with Crippen molar-refractivity contribution in [1.82, 2.24) is 15.2 Å². The molecule has 0 atom stereocenters. The van der Waals surface area contributed by atoms with Gasteiger partial charge in [-0.2, -0.15) is 0 Å². The fraction of sp³-hybridized carbons (Fsp3) is 0.333. The highest BCUT2D eigenvalue weighted by Crippen LogP contribution is 2.31. The molecule has 29 heavy (non-hydrogen) atoms. The Hall–Kier alpha value is -2.58. The molecule has 2 heterocycles. The molecular formula is C21H22F2N4OS. The number of nitrogens with zero attached hydrogens (tertiary/aromatic N) is 3. The Kier molecular flexibility index (Phi) is 5.73. The smallest absolute Gasteiger partial charge is 0.251 e. The standard InChI is InChI=1S/C21H22F2N4OS/c1-14-3-2-4-15(11-14)20(28)24-5-6-26-7-9-27(10-8-26)21-25-19-17(23)12-16(22)13-18(19)29-21/h2-4,11-13H,5-10H2,1H3,(H,24,28). The van der Waals surface area contributed by atoms with Crippen LogP contribution in [-0.2, 0) is 0 Å². The largest absolute Gasteiger partial charge is 0.351 e. The average Bonchev–Trinajstić information content (AvgIpc) is 3.13. The summed E-state index contributed by atoms with van der Waals surface area (Å²) in [6, 6.07) is 9.73. The predicted molar refractivity (Wildman–Crippen MR) is 112 cm³/mol. The molecule has 1 aromatic heterocycles. The van der Waals surface area contributed by atoms with Crippen LogP contribution in [-0.4, -0.2) is 55.1 Å². The Balaban J connectivity index is 1.27. The third-order valence-electron chi connectivity index (χ3n) is 5.04. The van der Waals surface area contributed by atoms with Crippen molar-refractivity contribution in [2.75, 3.05) is 44.2 Å². The van der Waals surface area contributed by atoms with E-state index >= 15 is 0 Å². The molecule has 1 aliphatic heterocycles. The summed E-state index contributed by atoms with van der Waals surface area (Å²) in [6.45, 7) is 6.49. The highest BCUT2D eigenvalue weighted by atomic mass is 32.1. The Morgan fingerprint density at radius 2 is 1.97 bits per heavy atom. The van der Waals surface area contributed by atoms with Crippen molar-refractivity contribution in [2.24, 2.45) is 0 Å². The summed E-state index contributed by atoms with van der Waals surface area (Å²) in [5, 5.41) is 3.68. The third kappa shape index (κ3) is 4.54. The van der Waals surface area contributed by atoms with E-state index in [0.717, 1.165) is 49.5 Å². The zero-order chi connectivity index (χ0) is 20.4. The minimum absolute atomic E-state index is 0.0592. The van der Waals surface area contributed by atoms with Crippen LogP contribution in [0, 0.1) is 18.6 Å². The van der Waals surface area contributed by atoms with E-state index in [0.29, 0.717) is 16.8 Å². The number of anilines is 1. The molecule has 3 aromatic rings. The second-order valence-corrected chi connectivity index (χ2v) is 8.19. The number of amides is 1. The van der Waals surface area contributed by atoms with Gasteiger partial charge in [-0.05, 0) is 25.1 Å². The van der Waals surface area contributed by atoms with E-state index in [9.17, 15) is 13.6 Å². The van der Waals surface area contributed by atoms with Crippen LogP contribution in [0.2, 0.25) is 0 Å². The highest BCUT2D eigenvalue weighted by Gasteiger charge is 2.21. The number of thiazole rings is 1. The molecule has 1 amide bonds. The molecule has 2 aromatic carbocycles. The molecule has 0 radical (unpaired) electrons. The van der Waals surface area contributed by atoms with Crippen molar-refractivity contribution >= 4 is 32.6 Å². The number of fused-ring (bicyclic) bond motifs is 1. The molecule has 0 bridgehead atoms. The summed E-state index contributed by atoms with van der Waals surface area (Å²) in [6.07, 6.45) is 0. The van der Waals surface area contributed by atoms with E-state index in [4.69, 9.17) is 0 Å². The second kappa shape index (κ2) is 8.42. The van der Waals surface area contributed by atoms with Gasteiger partial charge in [0.2, 0.25) is 0 Å². The first kappa shape index (κ1) is 19.7. The first-order valence-corrected chi connectivity index (χ1v) is 10.4. The van der Waals surface area contributed by atoms with Gasteiger partial charge in [-0.3, -0.25) is 9.69 Å². The maximum atomic E-state index is 13.9. The summed E-state index contributed by atoms with van der Waals surface area (Å²) in [5.74, 6) is -1.26. The van der Waals surface area contributed by atoms with Gasteiger partial charge in [0.25, 0.3) is 5.91 Å². The summed E-state index contributed by atoms with van der Waals surface area (Å²) in [4.78, 5) is 20.9. The molecular weight excluding hydrogens is 394 g/mol. The van der Waals surface area contributed by atoms with Gasteiger partial charge < -0.3 is 10.2 Å². The van der Waals surface area contributed by atoms with Crippen molar-refractivity contribution in [3.8, 4) is 0 Å². The average molecular weight is 416 g/mol. The lowest BCUT2D eigenvalue weighted by atomic mass is 10.1. The SMILES string of the molecule is Cc1cccc(C(=O)NCCN2CCN(c3nc4c(F)cc(F)cc4s3)CC2)c1. The maximum Gasteiger partial charge on any atom is 0.251 e. The summed E-state index contributed by atoms with van der Waals surface area (Å²) in [7, 11) is 0. The number of hydrogen-bond acceptors (Lipinski definition) is 5. The van der Waals surface area contributed by atoms with E-state index < -0.39 is 11.6 Å². The zero-order valence-corrected chi connectivity index (χ0v) is 16.9. The molecule has 4 rings (SSSR count). The van der Waals surface area contributed by atoms with Crippen molar-refractivity contribution in [3.63, 3.8) is 0 Å². The van der Waals surface area contributed by atoms with Gasteiger partial charge in [0, 0.05) is 50.9 Å². The quantitative estimate of drug-likeness (QED) is 0.692. The highest BCUT2D eigenvalue weighted by molar-refractivity contribution is 7.22. The monoisotopic (exact) mass is 416 g/mol. The Morgan fingerprint density at radius 3 is 2.72 bits per heavy atom. The number of nitrogens with one attached hydrogen (secondary N) is 1. The lowest BCUT2D eigenvalue weighted by molar-refractivity contribution is 0.0947. The van der Waals surface area contributed by atoms with Crippen LogP contribution in [0.3, 0.4) is 0 Å². The molecule has 5 nitrogen and oxygen atoms in total. The van der Waals surface area contributed by atoms with Gasteiger partial charge in [-0.1, -0.05) is 29.0 Å². The van der Waals surface area contributed by atoms with Crippen molar-refractivity contribution < 1.29 is 13.6 Å². The molecule has 0 saturated carbocycles. The second-order valence-electron chi connectivity index (χ2n) is 7.18. The zero-order valence-electron chi connectivity index (χ0n) is 16.1. The van der Waals surface area contributed by atoms with Crippen molar-refractivity contribution in [3.05, 3.63) is 59.2 Å². The van der Waals surface area contributed by atoms with Crippen molar-refractivity contribution in [2.45, 2.75) is 6.92 Å². The van der Waals surface area contributed by atoms with Crippen LogP contribution in [0.1, 0.15) is 15.9 Å². The van der Waals surface area contributed by atoms with E-state index in [-0.39, 0.29) is 11.4 Å². The molecule has 0 aliphatic carbocycles. The van der Waals surface area contributed by atoms with Crippen LogP contribution in [0.4, 0.5) is 13.9 Å². The maximum absolute atomic E-state index is 13.9. The number of aryl methyl sites for hydroxylation is 1. The molecule has 1 saturated heterocycles. The number of piperazine rings is 1. The Labute approximate surface area is 172 Å². The fourth-order valence-corrected chi connectivity index (χ4v) is 4.52. The summed E-state index contributed by atoms with van der Waals surface area (Å²) >= 11 is 1.31. The number of carbonyl (C=O) groups is 1. The van der Waals surface area contributed by atoms with Crippen LogP contribution < -0.4 is 10.2 Å². The van der Waals surface area contributed by atoms with E-state index in [1.54, 1.807) is 0 Å². The van der Waals surface area contributed by atoms with E-state index in [1.165, 1.54) is 17.4 Å². The number of carbonyl (C=O) groups excluding carboxylic acids is 1. The topological polar surface area (TPSA) is 48.5 Å².